The summed E-state index contributed by atoms with van der Waals surface area (Å²) in [6, 6.07) is 14.0. The third kappa shape index (κ3) is 3.22. The zero-order chi connectivity index (χ0) is 20.9. The van der Waals surface area contributed by atoms with Crippen molar-refractivity contribution in [1.29, 1.82) is 0 Å². The minimum absolute atomic E-state index is 0.0542. The molecule has 0 fully saturated rings. The van der Waals surface area contributed by atoms with Gasteiger partial charge in [-0.05, 0) is 30.3 Å². The van der Waals surface area contributed by atoms with Crippen LogP contribution in [0.1, 0.15) is 10.4 Å². The summed E-state index contributed by atoms with van der Waals surface area (Å²) in [5.74, 6) is -0.577. The van der Waals surface area contributed by atoms with Crippen LogP contribution in [0.15, 0.2) is 52.9 Å². The van der Waals surface area contributed by atoms with Crippen LogP contribution in [0.5, 0.6) is 0 Å². The Kier molecular flexibility index (Phi) is 4.73. The zero-order valence-corrected chi connectivity index (χ0v) is 17.2. The van der Waals surface area contributed by atoms with Gasteiger partial charge in [-0.3, -0.25) is 0 Å². The molecule has 0 atom stereocenters. The number of aromatic carboxylic acids is 1. The average molecular weight is 428 g/mol. The number of carboxylic acids is 1. The number of anilines is 1. The van der Waals surface area contributed by atoms with Gasteiger partial charge in [-0.2, -0.15) is 0 Å². The summed E-state index contributed by atoms with van der Waals surface area (Å²) in [7, 11) is 3.86. The van der Waals surface area contributed by atoms with E-state index in [9.17, 15) is 9.90 Å². The summed E-state index contributed by atoms with van der Waals surface area (Å²) in [4.78, 5) is 12.0. The molecule has 0 radical (unpaired) electrons. The number of rotatable bonds is 2. The molecule has 5 nitrogen and oxygen atoms in total. The lowest BCUT2D eigenvalue weighted by Crippen LogP contribution is -2.21. The molecule has 2 aromatic carbocycles. The minimum atomic E-state index is -1.16. The van der Waals surface area contributed by atoms with E-state index >= 15 is 0 Å². The second-order valence-corrected chi connectivity index (χ2v) is 7.71. The molecule has 3 N–H and O–H groups in total. The number of nitrogens with zero attached hydrogens (tertiary/aromatic N) is 1. The van der Waals surface area contributed by atoms with Gasteiger partial charge in [0.15, 0.2) is 0 Å². The van der Waals surface area contributed by atoms with E-state index in [4.69, 9.17) is 33.4 Å². The summed E-state index contributed by atoms with van der Waals surface area (Å²) < 4.78 is 8.07. The fourth-order valence-corrected chi connectivity index (χ4v) is 3.94. The highest BCUT2D eigenvalue weighted by Crippen LogP contribution is 2.45. The van der Waals surface area contributed by atoms with Gasteiger partial charge >= 0.3 is 5.97 Å². The fraction of sp³-hybridized carbons (Fsp3) is 0.0909. The molecule has 1 heterocycles. The second-order valence-electron chi connectivity index (χ2n) is 6.89. The molecule has 2 aliphatic rings. The van der Waals surface area contributed by atoms with Crippen molar-refractivity contribution in [2.45, 2.75) is 0 Å². The molecule has 0 saturated heterocycles. The largest absolute Gasteiger partial charge is 0.478 e. The van der Waals surface area contributed by atoms with E-state index < -0.39 is 5.97 Å². The summed E-state index contributed by atoms with van der Waals surface area (Å²) in [5, 5.41) is 11.9. The van der Waals surface area contributed by atoms with E-state index in [0.29, 0.717) is 33.5 Å². The second kappa shape index (κ2) is 7.10. The Morgan fingerprint density at radius 2 is 1.72 bits per heavy atom. The van der Waals surface area contributed by atoms with Gasteiger partial charge < -0.3 is 15.3 Å². The van der Waals surface area contributed by atoms with Crippen molar-refractivity contribution in [2.75, 3.05) is 19.8 Å². The van der Waals surface area contributed by atoms with Crippen molar-refractivity contribution < 1.29 is 14.3 Å². The minimum Gasteiger partial charge on any atom is -0.478 e. The number of carbonyl (C=O) groups is 1. The van der Waals surface area contributed by atoms with E-state index in [1.165, 1.54) is 6.07 Å². The first-order valence-corrected chi connectivity index (χ1v) is 9.51. The number of carboxylic acid groups (broad SMARTS) is 1. The molecule has 0 aromatic heterocycles. The zero-order valence-electron chi connectivity index (χ0n) is 15.7. The summed E-state index contributed by atoms with van der Waals surface area (Å²) >= 11 is 12.8. The van der Waals surface area contributed by atoms with Crippen LogP contribution in [0.4, 0.5) is 5.69 Å². The number of benzene rings is 3. The lowest BCUT2D eigenvalue weighted by molar-refractivity contribution is 0.0698. The Hall–Kier alpha value is -3.02. The molecule has 7 heteroatoms. The van der Waals surface area contributed by atoms with Crippen LogP contribution in [-0.2, 0) is 0 Å². The predicted octanol–water partition coefficient (Wildman–Crippen LogP) is 4.82. The van der Waals surface area contributed by atoms with Crippen molar-refractivity contribution in [3.8, 4) is 22.5 Å². The van der Waals surface area contributed by atoms with Gasteiger partial charge in [-0.1, -0.05) is 23.2 Å². The van der Waals surface area contributed by atoms with Gasteiger partial charge in [0, 0.05) is 44.9 Å². The van der Waals surface area contributed by atoms with Crippen molar-refractivity contribution in [1.82, 2.24) is 4.58 Å². The van der Waals surface area contributed by atoms with Gasteiger partial charge in [0.05, 0.1) is 16.7 Å². The molecular formula is C22H17Cl2N2O3+. The van der Waals surface area contributed by atoms with Crippen molar-refractivity contribution >= 4 is 45.8 Å². The van der Waals surface area contributed by atoms with Gasteiger partial charge in [0.1, 0.15) is 25.4 Å². The lowest BCUT2D eigenvalue weighted by atomic mass is 9.90. The first-order valence-electron chi connectivity index (χ1n) is 8.76. The lowest BCUT2D eigenvalue weighted by Gasteiger charge is -2.18. The van der Waals surface area contributed by atoms with E-state index in [-0.39, 0.29) is 15.6 Å². The highest BCUT2D eigenvalue weighted by atomic mass is 35.5. The van der Waals surface area contributed by atoms with Crippen molar-refractivity contribution in [2.24, 2.45) is 0 Å². The number of hydrogen-bond acceptors (Lipinski definition) is 3. The molecular weight excluding hydrogens is 411 g/mol. The van der Waals surface area contributed by atoms with Crippen molar-refractivity contribution in [3.05, 3.63) is 69.5 Å². The van der Waals surface area contributed by atoms with E-state index in [1.807, 2.05) is 36.9 Å². The molecule has 146 valence electrons. The quantitative estimate of drug-likeness (QED) is 0.273. The number of halogens is 2. The van der Waals surface area contributed by atoms with E-state index in [2.05, 4.69) is 0 Å². The Labute approximate surface area is 176 Å². The smallest absolute Gasteiger partial charge is 0.337 e. The third-order valence-corrected chi connectivity index (χ3v) is 5.44. The Balaban J connectivity index is 2.27. The van der Waals surface area contributed by atoms with Gasteiger partial charge in [-0.25, -0.2) is 9.37 Å². The standard InChI is InChI=1S/C22H16Cl2N2O3/c1-26(2)12-4-6-14-18(10-12)29-17-9-11(25)3-5-13(17)19(14)20-15(23)7-8-16(24)21(20)22(27)28/h3-10,25H,1-2H3,(H,27,28)/p+1. The highest BCUT2D eigenvalue weighted by Gasteiger charge is 2.26. The Morgan fingerprint density at radius 3 is 2.41 bits per heavy atom. The van der Waals surface area contributed by atoms with Crippen LogP contribution < -0.4 is 15.7 Å². The molecule has 0 saturated carbocycles. The van der Waals surface area contributed by atoms with Gasteiger partial charge in [0.2, 0.25) is 5.36 Å². The van der Waals surface area contributed by atoms with Crippen LogP contribution in [0.2, 0.25) is 10.0 Å². The van der Waals surface area contributed by atoms with Crippen LogP contribution in [0.25, 0.3) is 33.4 Å². The fourth-order valence-electron chi connectivity index (χ4n) is 3.45. The van der Waals surface area contributed by atoms with Gasteiger partial charge in [0.25, 0.3) is 0 Å². The molecule has 4 rings (SSSR count). The molecule has 1 aliphatic carbocycles. The summed E-state index contributed by atoms with van der Waals surface area (Å²) in [6.07, 6.45) is 0. The topological polar surface area (TPSA) is 79.5 Å². The molecule has 1 aliphatic heterocycles. The molecule has 2 aromatic rings. The van der Waals surface area contributed by atoms with Crippen LogP contribution in [0, 0.1) is 0 Å². The first-order chi connectivity index (χ1) is 13.8. The number of hydrogen-bond donors (Lipinski definition) is 2. The van der Waals surface area contributed by atoms with Crippen LogP contribution in [0.3, 0.4) is 0 Å². The number of nitrogens with two attached hydrogens (primary N) is 1. The maximum absolute atomic E-state index is 12.0. The first kappa shape index (κ1) is 19.3. The van der Waals surface area contributed by atoms with E-state index in [0.717, 1.165) is 10.9 Å². The third-order valence-electron chi connectivity index (χ3n) is 4.81. The highest BCUT2D eigenvalue weighted by molar-refractivity contribution is 6.39. The molecule has 0 unspecified atom stereocenters. The van der Waals surface area contributed by atoms with E-state index in [1.54, 1.807) is 24.3 Å². The summed E-state index contributed by atoms with van der Waals surface area (Å²) in [6.45, 7) is 0. The monoisotopic (exact) mass is 427 g/mol. The molecule has 0 bridgehead atoms. The normalized spacial score (nSPS) is 11.2. The Bertz CT molecular complexity index is 1340. The maximum atomic E-state index is 12.0. The summed E-state index contributed by atoms with van der Waals surface area (Å²) in [5.41, 5.74) is 8.66. The number of nitrogen functional groups attached to an aromatic ring is 1. The molecule has 0 amide bonds. The average Bonchev–Trinajstić information content (AvgIpc) is 2.67. The van der Waals surface area contributed by atoms with Crippen molar-refractivity contribution in [3.63, 3.8) is 0 Å². The van der Waals surface area contributed by atoms with Gasteiger partial charge in [-0.15, -0.1) is 0 Å². The number of fused-ring (bicyclic) bond motifs is 2. The maximum Gasteiger partial charge on any atom is 0.337 e. The SMILES string of the molecule is C[N+](C)=c1ccc2c(-c3c(Cl)ccc(Cl)c3C(=O)O)c3ccc(N)cc3oc-2c1. The molecule has 29 heavy (non-hydrogen) atoms. The van der Waals surface area contributed by atoms with Crippen LogP contribution in [-0.4, -0.2) is 25.2 Å². The predicted molar refractivity (Wildman–Crippen MR) is 117 cm³/mol. The molecule has 0 spiro atoms. The Morgan fingerprint density at radius 1 is 1.00 bits per heavy atom. The van der Waals surface area contributed by atoms with Crippen LogP contribution >= 0.6 is 23.2 Å².